The van der Waals surface area contributed by atoms with E-state index < -0.39 is 0 Å². The van der Waals surface area contributed by atoms with E-state index in [1.165, 1.54) is 11.6 Å². The van der Waals surface area contributed by atoms with Crippen LogP contribution >= 0.6 is 11.6 Å². The molecule has 2 aromatic rings. The van der Waals surface area contributed by atoms with Gasteiger partial charge in [-0.2, -0.15) is 5.26 Å². The third kappa shape index (κ3) is 2.75. The van der Waals surface area contributed by atoms with Crippen LogP contribution in [0.15, 0.2) is 36.4 Å². The van der Waals surface area contributed by atoms with Crippen LogP contribution in [0, 0.1) is 11.3 Å². The van der Waals surface area contributed by atoms with E-state index in [1.54, 1.807) is 18.2 Å². The molecule has 0 aliphatic carbocycles. The Morgan fingerprint density at radius 2 is 2.00 bits per heavy atom. The quantitative estimate of drug-likeness (QED) is 0.895. The fraction of sp³-hybridized carbons (Fsp3) is 0.125. The fourth-order valence-electron chi connectivity index (χ4n) is 2.32. The molecule has 0 atom stereocenters. The molecule has 0 saturated carbocycles. The molecule has 3 rings (SSSR count). The minimum absolute atomic E-state index is 0.212. The highest BCUT2D eigenvalue weighted by Gasteiger charge is 2.14. The van der Waals surface area contributed by atoms with Crippen LogP contribution in [0.5, 0.6) is 0 Å². The summed E-state index contributed by atoms with van der Waals surface area (Å²) in [5, 5.41) is 15.2. The maximum atomic E-state index is 12.3. The van der Waals surface area contributed by atoms with Crippen molar-refractivity contribution in [2.45, 2.75) is 13.1 Å². The van der Waals surface area contributed by atoms with Gasteiger partial charge in [0.05, 0.1) is 22.3 Å². The van der Waals surface area contributed by atoms with Gasteiger partial charge in [0, 0.05) is 18.7 Å². The Morgan fingerprint density at radius 1 is 1.19 bits per heavy atom. The summed E-state index contributed by atoms with van der Waals surface area (Å²) in [6.07, 6.45) is 0. The molecule has 21 heavy (non-hydrogen) atoms. The van der Waals surface area contributed by atoms with Crippen molar-refractivity contribution in [3.63, 3.8) is 0 Å². The van der Waals surface area contributed by atoms with E-state index in [-0.39, 0.29) is 5.91 Å². The standard InChI is InChI=1S/C16H12ClN3O/c17-14-5-10(7-18)1-4-15(14)20-16(21)11-2-3-12-8-19-9-13(12)6-11/h1-6,19H,8-9H2,(H,20,21). The molecular weight excluding hydrogens is 286 g/mol. The van der Waals surface area contributed by atoms with E-state index in [0.29, 0.717) is 21.8 Å². The second-order valence-electron chi connectivity index (χ2n) is 4.85. The molecular formula is C16H12ClN3O. The molecule has 1 aliphatic heterocycles. The van der Waals surface area contributed by atoms with Gasteiger partial charge in [-0.05, 0) is 41.5 Å². The minimum atomic E-state index is -0.212. The molecule has 2 aromatic carbocycles. The van der Waals surface area contributed by atoms with Crippen molar-refractivity contribution in [3.8, 4) is 6.07 Å². The molecule has 2 N–H and O–H groups in total. The van der Waals surface area contributed by atoms with Crippen molar-refractivity contribution in [1.82, 2.24) is 5.32 Å². The summed E-state index contributed by atoms with van der Waals surface area (Å²) in [4.78, 5) is 12.3. The number of halogens is 1. The smallest absolute Gasteiger partial charge is 0.255 e. The average molecular weight is 298 g/mol. The van der Waals surface area contributed by atoms with Gasteiger partial charge < -0.3 is 10.6 Å². The number of fused-ring (bicyclic) bond motifs is 1. The van der Waals surface area contributed by atoms with Crippen LogP contribution in [0.1, 0.15) is 27.0 Å². The summed E-state index contributed by atoms with van der Waals surface area (Å²) in [6.45, 7) is 1.63. The zero-order chi connectivity index (χ0) is 14.8. The Kier molecular flexibility index (Phi) is 3.61. The number of benzene rings is 2. The first-order chi connectivity index (χ1) is 10.2. The monoisotopic (exact) mass is 297 g/mol. The van der Waals surface area contributed by atoms with Gasteiger partial charge >= 0.3 is 0 Å². The Balaban J connectivity index is 1.82. The summed E-state index contributed by atoms with van der Waals surface area (Å²) in [5.74, 6) is -0.212. The van der Waals surface area contributed by atoms with Crippen molar-refractivity contribution in [2.24, 2.45) is 0 Å². The van der Waals surface area contributed by atoms with E-state index in [4.69, 9.17) is 16.9 Å². The van der Waals surface area contributed by atoms with Crippen molar-refractivity contribution in [2.75, 3.05) is 5.32 Å². The van der Waals surface area contributed by atoms with E-state index >= 15 is 0 Å². The van der Waals surface area contributed by atoms with Gasteiger partial charge in [-0.15, -0.1) is 0 Å². The summed E-state index contributed by atoms with van der Waals surface area (Å²) >= 11 is 6.06. The lowest BCUT2D eigenvalue weighted by Gasteiger charge is -2.08. The summed E-state index contributed by atoms with van der Waals surface area (Å²) in [5.41, 5.74) is 3.93. The number of rotatable bonds is 2. The van der Waals surface area contributed by atoms with E-state index in [0.717, 1.165) is 18.7 Å². The molecule has 0 saturated heterocycles. The summed E-state index contributed by atoms with van der Waals surface area (Å²) < 4.78 is 0. The first-order valence-electron chi connectivity index (χ1n) is 6.51. The zero-order valence-electron chi connectivity index (χ0n) is 11.1. The number of nitrogens with zero attached hydrogens (tertiary/aromatic N) is 1. The number of nitrogens with one attached hydrogen (secondary N) is 2. The first kappa shape index (κ1) is 13.6. The van der Waals surface area contributed by atoms with Crippen molar-refractivity contribution in [1.29, 1.82) is 5.26 Å². The van der Waals surface area contributed by atoms with Crippen LogP contribution in [-0.2, 0) is 13.1 Å². The summed E-state index contributed by atoms with van der Waals surface area (Å²) in [7, 11) is 0. The Labute approximate surface area is 127 Å². The van der Waals surface area contributed by atoms with Gasteiger partial charge in [-0.25, -0.2) is 0 Å². The van der Waals surface area contributed by atoms with Crippen molar-refractivity contribution < 1.29 is 4.79 Å². The van der Waals surface area contributed by atoms with E-state index in [9.17, 15) is 4.79 Å². The van der Waals surface area contributed by atoms with Gasteiger partial charge in [0.1, 0.15) is 0 Å². The molecule has 1 aliphatic rings. The topological polar surface area (TPSA) is 64.9 Å². The van der Waals surface area contributed by atoms with E-state index in [1.807, 2.05) is 18.2 Å². The second kappa shape index (κ2) is 5.57. The molecule has 0 spiro atoms. The van der Waals surface area contributed by atoms with Crippen LogP contribution in [-0.4, -0.2) is 5.91 Å². The molecule has 0 bridgehead atoms. The largest absolute Gasteiger partial charge is 0.321 e. The number of nitriles is 1. The van der Waals surface area contributed by atoms with Crippen LogP contribution in [0.4, 0.5) is 5.69 Å². The molecule has 0 radical (unpaired) electrons. The molecule has 0 unspecified atom stereocenters. The highest BCUT2D eigenvalue weighted by atomic mass is 35.5. The van der Waals surface area contributed by atoms with Crippen LogP contribution < -0.4 is 10.6 Å². The van der Waals surface area contributed by atoms with Crippen LogP contribution in [0.3, 0.4) is 0 Å². The summed E-state index contributed by atoms with van der Waals surface area (Å²) in [6, 6.07) is 12.4. The lowest BCUT2D eigenvalue weighted by molar-refractivity contribution is 0.102. The van der Waals surface area contributed by atoms with Crippen LogP contribution in [0.2, 0.25) is 5.02 Å². The second-order valence-corrected chi connectivity index (χ2v) is 5.25. The Morgan fingerprint density at radius 3 is 2.76 bits per heavy atom. The zero-order valence-corrected chi connectivity index (χ0v) is 11.9. The Bertz CT molecular complexity index is 765. The number of anilines is 1. The number of amides is 1. The van der Waals surface area contributed by atoms with Crippen molar-refractivity contribution in [3.05, 3.63) is 63.7 Å². The van der Waals surface area contributed by atoms with Gasteiger partial charge in [0.2, 0.25) is 0 Å². The predicted molar refractivity (Wildman–Crippen MR) is 81.1 cm³/mol. The number of carbonyl (C=O) groups excluding carboxylic acids is 1. The van der Waals surface area contributed by atoms with Gasteiger partial charge in [-0.3, -0.25) is 4.79 Å². The first-order valence-corrected chi connectivity index (χ1v) is 6.88. The number of hydrogen-bond donors (Lipinski definition) is 2. The normalized spacial score (nSPS) is 12.6. The number of hydrogen-bond acceptors (Lipinski definition) is 3. The number of carbonyl (C=O) groups is 1. The van der Waals surface area contributed by atoms with Crippen molar-refractivity contribution >= 4 is 23.2 Å². The maximum absolute atomic E-state index is 12.3. The molecule has 0 fully saturated rings. The highest BCUT2D eigenvalue weighted by molar-refractivity contribution is 6.34. The average Bonchev–Trinajstić information content (AvgIpc) is 2.96. The van der Waals surface area contributed by atoms with Crippen LogP contribution in [0.25, 0.3) is 0 Å². The fourth-order valence-corrected chi connectivity index (χ4v) is 2.54. The Hall–Kier alpha value is -2.35. The van der Waals surface area contributed by atoms with Gasteiger partial charge in [0.15, 0.2) is 0 Å². The lowest BCUT2D eigenvalue weighted by atomic mass is 10.1. The third-order valence-corrected chi connectivity index (χ3v) is 3.76. The molecule has 5 heteroatoms. The SMILES string of the molecule is N#Cc1ccc(NC(=O)c2ccc3c(c2)CNC3)c(Cl)c1. The molecule has 104 valence electrons. The van der Waals surface area contributed by atoms with Gasteiger partial charge in [0.25, 0.3) is 5.91 Å². The van der Waals surface area contributed by atoms with E-state index in [2.05, 4.69) is 10.6 Å². The maximum Gasteiger partial charge on any atom is 0.255 e. The third-order valence-electron chi connectivity index (χ3n) is 3.45. The molecule has 4 nitrogen and oxygen atoms in total. The molecule has 1 amide bonds. The molecule has 0 aromatic heterocycles. The lowest BCUT2D eigenvalue weighted by Crippen LogP contribution is -2.12. The highest BCUT2D eigenvalue weighted by Crippen LogP contribution is 2.24. The predicted octanol–water partition coefficient (Wildman–Crippen LogP) is 3.07. The van der Waals surface area contributed by atoms with Gasteiger partial charge in [-0.1, -0.05) is 17.7 Å². The molecule has 1 heterocycles. The minimum Gasteiger partial charge on any atom is -0.321 e.